The van der Waals surface area contributed by atoms with Crippen LogP contribution in [0.4, 0.5) is 5.69 Å². The molecule has 0 fully saturated rings. The summed E-state index contributed by atoms with van der Waals surface area (Å²) in [7, 11) is 0. The van der Waals surface area contributed by atoms with E-state index in [0.717, 1.165) is 5.52 Å². The van der Waals surface area contributed by atoms with Crippen LogP contribution in [0.25, 0.3) is 21.8 Å². The van der Waals surface area contributed by atoms with Gasteiger partial charge in [-0.1, -0.05) is 18.2 Å². The van der Waals surface area contributed by atoms with Gasteiger partial charge in [0, 0.05) is 24.1 Å². The van der Waals surface area contributed by atoms with E-state index in [-0.39, 0.29) is 11.1 Å². The largest absolute Gasteiger partial charge is 0.336 e. The Bertz CT molecular complexity index is 941. The number of nitro benzene ring substituents is 1. The van der Waals surface area contributed by atoms with E-state index in [2.05, 4.69) is 6.58 Å². The zero-order valence-corrected chi connectivity index (χ0v) is 11.2. The Balaban J connectivity index is 2.54. The summed E-state index contributed by atoms with van der Waals surface area (Å²) in [5.74, 6) is 0. The molecule has 3 aromatic rings. The molecule has 21 heavy (non-hydrogen) atoms. The molecule has 0 aliphatic heterocycles. The Labute approximate surface area is 119 Å². The van der Waals surface area contributed by atoms with Gasteiger partial charge in [0.1, 0.15) is 0 Å². The lowest BCUT2D eigenvalue weighted by atomic mass is 10.1. The second-order valence-corrected chi connectivity index (χ2v) is 4.70. The number of nitro groups is 1. The van der Waals surface area contributed by atoms with Crippen LogP contribution in [-0.2, 0) is 6.54 Å². The van der Waals surface area contributed by atoms with E-state index in [0.29, 0.717) is 22.8 Å². The van der Waals surface area contributed by atoms with Gasteiger partial charge < -0.3 is 4.57 Å². The first-order valence-electron chi connectivity index (χ1n) is 6.44. The van der Waals surface area contributed by atoms with E-state index in [1.807, 2.05) is 16.7 Å². The lowest BCUT2D eigenvalue weighted by Gasteiger charge is -2.13. The van der Waals surface area contributed by atoms with Gasteiger partial charge in [-0.15, -0.1) is 6.58 Å². The number of fused-ring (bicyclic) bond motifs is 2. The molecule has 3 rings (SSSR count). The maximum Gasteiger partial charge on any atom is 0.270 e. The molecule has 0 amide bonds. The van der Waals surface area contributed by atoms with Gasteiger partial charge >= 0.3 is 0 Å². The first-order chi connectivity index (χ1) is 10.1. The van der Waals surface area contributed by atoms with Gasteiger partial charge in [-0.2, -0.15) is 0 Å². The number of non-ortho nitro benzene ring substituents is 1. The van der Waals surface area contributed by atoms with Gasteiger partial charge in [0.2, 0.25) is 0 Å². The van der Waals surface area contributed by atoms with Gasteiger partial charge in [-0.3, -0.25) is 14.9 Å². The predicted molar refractivity (Wildman–Crippen MR) is 82.6 cm³/mol. The molecule has 0 aliphatic carbocycles. The first kappa shape index (κ1) is 13.1. The van der Waals surface area contributed by atoms with Crippen LogP contribution in [0.15, 0.2) is 59.9 Å². The summed E-state index contributed by atoms with van der Waals surface area (Å²) in [6, 6.07) is 11.6. The zero-order chi connectivity index (χ0) is 15.0. The minimum atomic E-state index is -0.494. The summed E-state index contributed by atoms with van der Waals surface area (Å²) in [5, 5.41) is 11.8. The number of allylic oxidation sites excluding steroid dienone is 1. The number of aromatic nitrogens is 1. The third-order valence-electron chi connectivity index (χ3n) is 3.48. The van der Waals surface area contributed by atoms with E-state index in [1.165, 1.54) is 12.1 Å². The van der Waals surface area contributed by atoms with Crippen LogP contribution >= 0.6 is 0 Å². The van der Waals surface area contributed by atoms with Gasteiger partial charge in [-0.05, 0) is 18.2 Å². The van der Waals surface area contributed by atoms with Crippen molar-refractivity contribution in [3.63, 3.8) is 0 Å². The third-order valence-corrected chi connectivity index (χ3v) is 3.48. The highest BCUT2D eigenvalue weighted by Crippen LogP contribution is 2.23. The fourth-order valence-corrected chi connectivity index (χ4v) is 2.56. The Morgan fingerprint density at radius 2 is 1.86 bits per heavy atom. The molecule has 0 saturated carbocycles. The zero-order valence-electron chi connectivity index (χ0n) is 11.2. The highest BCUT2D eigenvalue weighted by atomic mass is 16.6. The van der Waals surface area contributed by atoms with Gasteiger partial charge in [0.15, 0.2) is 5.43 Å². The molecule has 0 N–H and O–H groups in total. The summed E-state index contributed by atoms with van der Waals surface area (Å²) in [6.07, 6.45) is 1.73. The van der Waals surface area contributed by atoms with Crippen molar-refractivity contribution in [3.05, 3.63) is 75.5 Å². The van der Waals surface area contributed by atoms with Crippen molar-refractivity contribution in [3.8, 4) is 0 Å². The summed E-state index contributed by atoms with van der Waals surface area (Å²) in [6.45, 7) is 4.25. The molecule has 1 aromatic heterocycles. The molecule has 0 unspecified atom stereocenters. The minimum Gasteiger partial charge on any atom is -0.336 e. The monoisotopic (exact) mass is 280 g/mol. The van der Waals surface area contributed by atoms with Crippen LogP contribution in [0.5, 0.6) is 0 Å². The van der Waals surface area contributed by atoms with Crippen LogP contribution in [0.2, 0.25) is 0 Å². The molecule has 2 aromatic carbocycles. The van der Waals surface area contributed by atoms with Crippen LogP contribution in [0.1, 0.15) is 0 Å². The van der Waals surface area contributed by atoms with Crippen molar-refractivity contribution in [1.82, 2.24) is 4.57 Å². The van der Waals surface area contributed by atoms with Crippen molar-refractivity contribution in [2.75, 3.05) is 0 Å². The standard InChI is InChI=1S/C16H12N2O3/c1-2-9-17-14-6-4-3-5-12(14)16(19)13-10-11(18(20)21)7-8-15(13)17/h2-8,10H,1,9H2. The van der Waals surface area contributed by atoms with E-state index >= 15 is 0 Å². The van der Waals surface area contributed by atoms with Crippen molar-refractivity contribution in [1.29, 1.82) is 0 Å². The second-order valence-electron chi connectivity index (χ2n) is 4.70. The molecular weight excluding hydrogens is 268 g/mol. The van der Waals surface area contributed by atoms with Crippen LogP contribution < -0.4 is 5.43 Å². The Morgan fingerprint density at radius 1 is 1.14 bits per heavy atom. The van der Waals surface area contributed by atoms with Crippen LogP contribution in [0, 0.1) is 10.1 Å². The van der Waals surface area contributed by atoms with E-state index in [9.17, 15) is 14.9 Å². The Morgan fingerprint density at radius 3 is 2.57 bits per heavy atom. The quantitative estimate of drug-likeness (QED) is 0.320. The topological polar surface area (TPSA) is 65.1 Å². The SMILES string of the molecule is C=CCn1c2ccccc2c(=O)c2cc([N+](=O)[O-])ccc21. The lowest BCUT2D eigenvalue weighted by Crippen LogP contribution is -2.11. The normalized spacial score (nSPS) is 10.9. The summed E-state index contributed by atoms with van der Waals surface area (Å²) >= 11 is 0. The molecule has 0 radical (unpaired) electrons. The average molecular weight is 280 g/mol. The lowest BCUT2D eigenvalue weighted by molar-refractivity contribution is -0.384. The molecule has 1 heterocycles. The highest BCUT2D eigenvalue weighted by Gasteiger charge is 2.13. The smallest absolute Gasteiger partial charge is 0.270 e. The van der Waals surface area contributed by atoms with Crippen molar-refractivity contribution in [2.24, 2.45) is 0 Å². The molecular formula is C16H12N2O3. The van der Waals surface area contributed by atoms with Crippen LogP contribution in [-0.4, -0.2) is 9.49 Å². The van der Waals surface area contributed by atoms with E-state index in [4.69, 9.17) is 0 Å². The van der Waals surface area contributed by atoms with Crippen molar-refractivity contribution >= 4 is 27.5 Å². The minimum absolute atomic E-state index is 0.0833. The molecule has 0 spiro atoms. The Hall–Kier alpha value is -2.95. The predicted octanol–water partition coefficient (Wildman–Crippen LogP) is 3.25. The molecule has 0 saturated heterocycles. The number of nitrogens with zero attached hydrogens (tertiary/aromatic N) is 2. The van der Waals surface area contributed by atoms with Crippen molar-refractivity contribution in [2.45, 2.75) is 6.54 Å². The van der Waals surface area contributed by atoms with E-state index in [1.54, 1.807) is 24.3 Å². The number of benzene rings is 2. The second kappa shape index (κ2) is 4.86. The molecule has 0 bridgehead atoms. The fourth-order valence-electron chi connectivity index (χ4n) is 2.56. The fraction of sp³-hybridized carbons (Fsp3) is 0.0625. The van der Waals surface area contributed by atoms with Gasteiger partial charge in [0.25, 0.3) is 5.69 Å². The van der Waals surface area contributed by atoms with Gasteiger partial charge in [-0.25, -0.2) is 0 Å². The first-order valence-corrected chi connectivity index (χ1v) is 6.44. The summed E-state index contributed by atoms with van der Waals surface area (Å²) in [5.41, 5.74) is 1.19. The summed E-state index contributed by atoms with van der Waals surface area (Å²) in [4.78, 5) is 23.0. The highest BCUT2D eigenvalue weighted by molar-refractivity contribution is 5.94. The molecule has 104 valence electrons. The number of hydrogen-bond donors (Lipinski definition) is 0. The number of pyridine rings is 1. The molecule has 0 aliphatic rings. The van der Waals surface area contributed by atoms with Gasteiger partial charge in [0.05, 0.1) is 21.3 Å². The molecule has 0 atom stereocenters. The summed E-state index contributed by atoms with van der Waals surface area (Å²) < 4.78 is 1.93. The number of hydrogen-bond acceptors (Lipinski definition) is 3. The van der Waals surface area contributed by atoms with E-state index < -0.39 is 4.92 Å². The Kier molecular flexibility index (Phi) is 3.02. The maximum atomic E-state index is 12.6. The van der Waals surface area contributed by atoms with Crippen molar-refractivity contribution < 1.29 is 4.92 Å². The molecule has 5 nitrogen and oxygen atoms in total. The maximum absolute atomic E-state index is 12.6. The number of para-hydroxylation sites is 1. The third kappa shape index (κ3) is 1.99. The average Bonchev–Trinajstić information content (AvgIpc) is 2.51. The number of rotatable bonds is 3. The molecule has 5 heteroatoms. The van der Waals surface area contributed by atoms with Crippen LogP contribution in [0.3, 0.4) is 0 Å².